The third-order valence-electron chi connectivity index (χ3n) is 5.75. The van der Waals surface area contributed by atoms with Crippen LogP contribution >= 0.6 is 11.3 Å². The van der Waals surface area contributed by atoms with Crippen molar-refractivity contribution in [2.45, 2.75) is 39.0 Å². The predicted molar refractivity (Wildman–Crippen MR) is 116 cm³/mol. The first kappa shape index (κ1) is 17.5. The highest BCUT2D eigenvalue weighted by atomic mass is 32.1. The minimum atomic E-state index is 0.835. The summed E-state index contributed by atoms with van der Waals surface area (Å²) in [6.45, 7) is 2.97. The van der Waals surface area contributed by atoms with Gasteiger partial charge in [0.15, 0.2) is 0 Å². The lowest BCUT2D eigenvalue weighted by atomic mass is 9.97. The number of hydrogen-bond donors (Lipinski definition) is 2. The molecule has 28 heavy (non-hydrogen) atoms. The molecule has 1 aliphatic rings. The SMILES string of the molecule is COc1ccc2[nH]c(C)c(CCNc3ncnc4sc5c(c34)CCCC5)c2c1. The van der Waals surface area contributed by atoms with Gasteiger partial charge in [0.05, 0.1) is 12.5 Å². The number of rotatable bonds is 5. The summed E-state index contributed by atoms with van der Waals surface area (Å²) in [5.74, 6) is 1.88. The molecule has 0 fully saturated rings. The predicted octanol–water partition coefficient (Wildman–Crippen LogP) is 5.02. The average Bonchev–Trinajstić information content (AvgIpc) is 3.25. The van der Waals surface area contributed by atoms with E-state index >= 15 is 0 Å². The second kappa shape index (κ2) is 7.09. The van der Waals surface area contributed by atoms with E-state index in [2.05, 4.69) is 39.3 Å². The van der Waals surface area contributed by atoms with Gasteiger partial charge in [0, 0.05) is 28.0 Å². The van der Waals surface area contributed by atoms with E-state index in [4.69, 9.17) is 4.74 Å². The number of H-pyrrole nitrogens is 1. The fourth-order valence-corrected chi connectivity index (χ4v) is 5.57. The van der Waals surface area contributed by atoms with Crippen LogP contribution in [-0.4, -0.2) is 28.6 Å². The van der Waals surface area contributed by atoms with Crippen LogP contribution in [0.5, 0.6) is 5.75 Å². The lowest BCUT2D eigenvalue weighted by molar-refractivity contribution is 0.415. The fraction of sp³-hybridized carbons (Fsp3) is 0.364. The first-order valence-electron chi connectivity index (χ1n) is 9.89. The number of methoxy groups -OCH3 is 1. The minimum absolute atomic E-state index is 0.835. The van der Waals surface area contributed by atoms with Crippen molar-refractivity contribution >= 4 is 38.3 Å². The number of anilines is 1. The van der Waals surface area contributed by atoms with E-state index in [1.807, 2.05) is 17.4 Å². The zero-order valence-corrected chi connectivity index (χ0v) is 17.1. The van der Waals surface area contributed by atoms with E-state index in [1.54, 1.807) is 13.4 Å². The number of aromatic amines is 1. The zero-order valence-electron chi connectivity index (χ0n) is 16.3. The molecule has 144 valence electrons. The molecule has 0 amide bonds. The summed E-state index contributed by atoms with van der Waals surface area (Å²) in [6, 6.07) is 6.20. The number of ether oxygens (including phenoxy) is 1. The van der Waals surface area contributed by atoms with Gasteiger partial charge in [0.1, 0.15) is 22.7 Å². The normalized spacial score (nSPS) is 13.8. The Kier molecular flexibility index (Phi) is 4.43. The van der Waals surface area contributed by atoms with Gasteiger partial charge in [-0.3, -0.25) is 0 Å². The molecular formula is C22H24N4OS. The molecule has 3 aromatic heterocycles. The van der Waals surface area contributed by atoms with Gasteiger partial charge in [-0.05, 0) is 68.4 Å². The van der Waals surface area contributed by atoms with E-state index in [0.717, 1.165) is 41.3 Å². The second-order valence-electron chi connectivity index (χ2n) is 7.43. The third kappa shape index (κ3) is 2.92. The van der Waals surface area contributed by atoms with Gasteiger partial charge < -0.3 is 15.0 Å². The molecule has 6 heteroatoms. The number of benzene rings is 1. The Balaban J connectivity index is 1.41. The van der Waals surface area contributed by atoms with E-state index < -0.39 is 0 Å². The van der Waals surface area contributed by atoms with Crippen LogP contribution in [0.2, 0.25) is 0 Å². The molecule has 0 bridgehead atoms. The molecule has 2 N–H and O–H groups in total. The average molecular weight is 393 g/mol. The first-order chi connectivity index (χ1) is 13.7. The summed E-state index contributed by atoms with van der Waals surface area (Å²) < 4.78 is 5.41. The smallest absolute Gasteiger partial charge is 0.138 e. The molecule has 0 aliphatic heterocycles. The van der Waals surface area contributed by atoms with Crippen LogP contribution in [0.1, 0.15) is 34.5 Å². The summed E-state index contributed by atoms with van der Waals surface area (Å²) >= 11 is 1.84. The molecule has 3 heterocycles. The van der Waals surface area contributed by atoms with Gasteiger partial charge >= 0.3 is 0 Å². The summed E-state index contributed by atoms with van der Waals surface area (Å²) in [4.78, 5) is 15.2. The summed E-state index contributed by atoms with van der Waals surface area (Å²) in [5, 5.41) is 6.08. The van der Waals surface area contributed by atoms with E-state index in [1.165, 1.54) is 51.7 Å². The molecule has 4 aromatic rings. The maximum Gasteiger partial charge on any atom is 0.138 e. The number of fused-ring (bicyclic) bond motifs is 4. The Bertz CT molecular complexity index is 1160. The Hall–Kier alpha value is -2.60. The van der Waals surface area contributed by atoms with E-state index in [-0.39, 0.29) is 0 Å². The molecule has 0 saturated carbocycles. The van der Waals surface area contributed by atoms with Gasteiger partial charge in [-0.2, -0.15) is 0 Å². The van der Waals surface area contributed by atoms with Crippen molar-refractivity contribution in [3.05, 3.63) is 46.2 Å². The highest BCUT2D eigenvalue weighted by molar-refractivity contribution is 7.19. The maximum absolute atomic E-state index is 5.41. The highest BCUT2D eigenvalue weighted by Gasteiger charge is 2.19. The summed E-state index contributed by atoms with van der Waals surface area (Å²) in [7, 11) is 1.71. The van der Waals surface area contributed by atoms with Crippen molar-refractivity contribution in [1.82, 2.24) is 15.0 Å². The van der Waals surface area contributed by atoms with Crippen molar-refractivity contribution in [1.29, 1.82) is 0 Å². The molecule has 5 rings (SSSR count). The van der Waals surface area contributed by atoms with E-state index in [0.29, 0.717) is 0 Å². The molecule has 0 unspecified atom stereocenters. The Morgan fingerprint density at radius 1 is 1.21 bits per heavy atom. The van der Waals surface area contributed by atoms with Crippen LogP contribution in [0, 0.1) is 6.92 Å². The highest BCUT2D eigenvalue weighted by Crippen LogP contribution is 2.38. The van der Waals surface area contributed by atoms with Crippen LogP contribution in [0.25, 0.3) is 21.1 Å². The van der Waals surface area contributed by atoms with Crippen LogP contribution in [0.3, 0.4) is 0 Å². The van der Waals surface area contributed by atoms with E-state index in [9.17, 15) is 0 Å². The van der Waals surface area contributed by atoms with Crippen molar-refractivity contribution in [3.8, 4) is 5.75 Å². The fourth-order valence-electron chi connectivity index (χ4n) is 4.34. The molecule has 1 aliphatic carbocycles. The lowest BCUT2D eigenvalue weighted by Crippen LogP contribution is -2.08. The summed E-state index contributed by atoms with van der Waals surface area (Å²) in [6.07, 6.45) is 7.51. The van der Waals surface area contributed by atoms with Crippen molar-refractivity contribution in [3.63, 3.8) is 0 Å². The minimum Gasteiger partial charge on any atom is -0.497 e. The molecule has 5 nitrogen and oxygen atoms in total. The number of aromatic nitrogens is 3. The second-order valence-corrected chi connectivity index (χ2v) is 8.51. The standard InChI is InChI=1S/C22H24N4OS/c1-13-15(17-11-14(27-2)7-8-18(17)26-13)9-10-23-21-20-16-5-3-4-6-19(16)28-22(20)25-12-24-21/h7-8,11-12,26H,3-6,9-10H2,1-2H3,(H,23,24,25). The van der Waals surface area contributed by atoms with Gasteiger partial charge in [-0.1, -0.05) is 0 Å². The maximum atomic E-state index is 5.41. The lowest BCUT2D eigenvalue weighted by Gasteiger charge is -2.12. The molecule has 0 saturated heterocycles. The number of aryl methyl sites for hydroxylation is 3. The van der Waals surface area contributed by atoms with Crippen LogP contribution in [0.4, 0.5) is 5.82 Å². The number of hydrogen-bond acceptors (Lipinski definition) is 5. The number of nitrogens with zero attached hydrogens (tertiary/aromatic N) is 2. The summed E-state index contributed by atoms with van der Waals surface area (Å²) in [5.41, 5.74) is 5.18. The zero-order chi connectivity index (χ0) is 19.1. The van der Waals surface area contributed by atoms with Gasteiger partial charge in [0.25, 0.3) is 0 Å². The van der Waals surface area contributed by atoms with Crippen molar-refractivity contribution in [2.24, 2.45) is 0 Å². The molecule has 0 atom stereocenters. The topological polar surface area (TPSA) is 62.8 Å². The molecule has 0 spiro atoms. The largest absolute Gasteiger partial charge is 0.497 e. The third-order valence-corrected chi connectivity index (χ3v) is 6.95. The monoisotopic (exact) mass is 392 g/mol. The van der Waals surface area contributed by atoms with Gasteiger partial charge in [0.2, 0.25) is 0 Å². The number of nitrogens with one attached hydrogen (secondary N) is 2. The molecular weight excluding hydrogens is 368 g/mol. The first-order valence-corrected chi connectivity index (χ1v) is 10.7. The Morgan fingerprint density at radius 2 is 2.11 bits per heavy atom. The van der Waals surface area contributed by atoms with Crippen LogP contribution in [0.15, 0.2) is 24.5 Å². The Labute approximate surface area is 168 Å². The van der Waals surface area contributed by atoms with Gasteiger partial charge in [-0.15, -0.1) is 11.3 Å². The number of thiophene rings is 1. The van der Waals surface area contributed by atoms with Crippen LogP contribution in [-0.2, 0) is 19.3 Å². The quantitative estimate of drug-likeness (QED) is 0.500. The van der Waals surface area contributed by atoms with Crippen molar-refractivity contribution < 1.29 is 4.74 Å². The van der Waals surface area contributed by atoms with Crippen molar-refractivity contribution in [2.75, 3.05) is 19.0 Å². The molecule has 0 radical (unpaired) electrons. The van der Waals surface area contributed by atoms with Crippen LogP contribution < -0.4 is 10.1 Å². The van der Waals surface area contributed by atoms with Gasteiger partial charge in [-0.25, -0.2) is 9.97 Å². The Morgan fingerprint density at radius 3 is 3.00 bits per heavy atom. The molecule has 1 aromatic carbocycles.